The fraction of sp³-hybridized carbons (Fsp3) is 0.125. The second kappa shape index (κ2) is 4.13. The average Bonchev–Trinajstić information content (AvgIpc) is 2.04. The second-order valence-corrected chi connectivity index (χ2v) is 2.74. The highest BCUT2D eigenvalue weighted by Gasteiger charge is 2.14. The highest BCUT2D eigenvalue weighted by Crippen LogP contribution is 2.24. The Morgan fingerprint density at radius 1 is 1.62 bits per heavy atom. The summed E-state index contributed by atoms with van der Waals surface area (Å²) in [5, 5.41) is 8.80. The number of aromatic carboxylic acids is 1. The molecule has 0 saturated carbocycles. The van der Waals surface area contributed by atoms with Gasteiger partial charge in [0.05, 0.1) is 0 Å². The van der Waals surface area contributed by atoms with Gasteiger partial charge in [-0.15, -0.1) is 0 Å². The zero-order chi connectivity index (χ0) is 9.84. The lowest BCUT2D eigenvalue weighted by molar-refractivity contribution is 0.0694. The first-order valence-electron chi connectivity index (χ1n) is 3.47. The van der Waals surface area contributed by atoms with E-state index in [1.165, 1.54) is 6.07 Å². The molecule has 13 heavy (non-hydrogen) atoms. The molecule has 1 aromatic carbocycles. The van der Waals surface area contributed by atoms with Gasteiger partial charge in [0.2, 0.25) is 0 Å². The van der Waals surface area contributed by atoms with Crippen molar-refractivity contribution in [2.45, 2.75) is 0 Å². The Balaban J connectivity index is 3.17. The molecule has 0 fully saturated rings. The van der Waals surface area contributed by atoms with Crippen LogP contribution in [-0.4, -0.2) is 16.6 Å². The summed E-state index contributed by atoms with van der Waals surface area (Å²) in [5.74, 6) is -0.821. The summed E-state index contributed by atoms with van der Waals surface area (Å²) in [6.45, 7) is 0. The Hall–Kier alpha value is -1.23. The van der Waals surface area contributed by atoms with Crippen molar-refractivity contribution in [1.29, 1.82) is 0 Å². The van der Waals surface area contributed by atoms with Crippen molar-refractivity contribution in [3.8, 4) is 5.75 Å². The number of hydrogen-bond donors (Lipinski definition) is 2. The SMILES string of the molecule is Nc1cccc(OCBr)c1C(=O)O. The number of halogens is 1. The zero-order valence-corrected chi connectivity index (χ0v) is 8.24. The number of carbonyl (C=O) groups is 1. The van der Waals surface area contributed by atoms with Gasteiger partial charge in [-0.05, 0) is 28.1 Å². The smallest absolute Gasteiger partial charge is 0.341 e. The van der Waals surface area contributed by atoms with Crippen molar-refractivity contribution in [2.24, 2.45) is 0 Å². The molecule has 1 aromatic rings. The number of benzene rings is 1. The third-order valence-electron chi connectivity index (χ3n) is 1.48. The van der Waals surface area contributed by atoms with E-state index in [1.807, 2.05) is 0 Å². The van der Waals surface area contributed by atoms with E-state index in [2.05, 4.69) is 15.9 Å². The molecule has 3 N–H and O–H groups in total. The molecule has 0 heterocycles. The van der Waals surface area contributed by atoms with Gasteiger partial charge in [-0.2, -0.15) is 0 Å². The number of alkyl halides is 1. The van der Waals surface area contributed by atoms with Crippen LogP contribution in [0, 0.1) is 0 Å². The predicted octanol–water partition coefficient (Wildman–Crippen LogP) is 1.70. The molecule has 0 aliphatic rings. The standard InChI is InChI=1S/C8H8BrNO3/c9-4-13-6-3-1-2-5(10)7(6)8(11)12/h1-3H,4,10H2,(H,11,12). The van der Waals surface area contributed by atoms with E-state index in [1.54, 1.807) is 12.1 Å². The summed E-state index contributed by atoms with van der Waals surface area (Å²) in [6, 6.07) is 4.71. The minimum Gasteiger partial charge on any atom is -0.481 e. The van der Waals surface area contributed by atoms with Crippen LogP contribution in [0.3, 0.4) is 0 Å². The molecule has 4 nitrogen and oxygen atoms in total. The van der Waals surface area contributed by atoms with Crippen molar-refractivity contribution in [2.75, 3.05) is 11.2 Å². The number of nitrogens with two attached hydrogens (primary N) is 1. The lowest BCUT2D eigenvalue weighted by Gasteiger charge is -2.07. The Morgan fingerprint density at radius 2 is 2.31 bits per heavy atom. The topological polar surface area (TPSA) is 72.5 Å². The second-order valence-electron chi connectivity index (χ2n) is 2.28. The predicted molar refractivity (Wildman–Crippen MR) is 52.2 cm³/mol. The number of hydrogen-bond acceptors (Lipinski definition) is 3. The van der Waals surface area contributed by atoms with Crippen LogP contribution >= 0.6 is 15.9 Å². The molecular formula is C8H8BrNO3. The average molecular weight is 246 g/mol. The van der Waals surface area contributed by atoms with Crippen LogP contribution < -0.4 is 10.5 Å². The van der Waals surface area contributed by atoms with Crippen LogP contribution in [0.1, 0.15) is 10.4 Å². The summed E-state index contributed by atoms with van der Waals surface area (Å²) in [5.41, 5.74) is 5.91. The zero-order valence-electron chi connectivity index (χ0n) is 6.66. The minimum atomic E-state index is -1.09. The van der Waals surface area contributed by atoms with E-state index in [0.717, 1.165) is 0 Å². The third kappa shape index (κ3) is 2.12. The summed E-state index contributed by atoms with van der Waals surface area (Å²) < 4.78 is 5.03. The number of anilines is 1. The molecule has 0 bridgehead atoms. The molecule has 0 aliphatic carbocycles. The van der Waals surface area contributed by atoms with Crippen molar-refractivity contribution in [3.05, 3.63) is 23.8 Å². The molecule has 0 radical (unpaired) electrons. The lowest BCUT2D eigenvalue weighted by Crippen LogP contribution is -2.05. The fourth-order valence-corrected chi connectivity index (χ4v) is 1.20. The number of rotatable bonds is 3. The summed E-state index contributed by atoms with van der Waals surface area (Å²) >= 11 is 3.04. The molecule has 0 saturated heterocycles. The van der Waals surface area contributed by atoms with Gasteiger partial charge < -0.3 is 15.6 Å². The van der Waals surface area contributed by atoms with Gasteiger partial charge in [-0.1, -0.05) is 6.07 Å². The van der Waals surface area contributed by atoms with E-state index in [4.69, 9.17) is 15.6 Å². The summed E-state index contributed by atoms with van der Waals surface area (Å²) in [4.78, 5) is 10.7. The van der Waals surface area contributed by atoms with Gasteiger partial charge in [0.25, 0.3) is 0 Å². The first-order valence-corrected chi connectivity index (χ1v) is 4.59. The van der Waals surface area contributed by atoms with E-state index in [0.29, 0.717) is 0 Å². The van der Waals surface area contributed by atoms with Crippen molar-refractivity contribution >= 4 is 27.6 Å². The number of nitrogen functional groups attached to an aromatic ring is 1. The van der Waals surface area contributed by atoms with Gasteiger partial charge in [-0.3, -0.25) is 0 Å². The number of ether oxygens (including phenoxy) is 1. The summed E-state index contributed by atoms with van der Waals surface area (Å²) in [6.07, 6.45) is 0. The molecule has 1 rings (SSSR count). The van der Waals surface area contributed by atoms with Crippen LogP contribution in [0.2, 0.25) is 0 Å². The van der Waals surface area contributed by atoms with E-state index in [9.17, 15) is 4.79 Å². The fourth-order valence-electron chi connectivity index (χ4n) is 0.956. The van der Waals surface area contributed by atoms with Crippen LogP contribution in [-0.2, 0) is 0 Å². The maximum atomic E-state index is 10.7. The Kier molecular flexibility index (Phi) is 3.13. The molecule has 0 spiro atoms. The van der Waals surface area contributed by atoms with Crippen LogP contribution in [0.15, 0.2) is 18.2 Å². The van der Waals surface area contributed by atoms with Crippen molar-refractivity contribution < 1.29 is 14.6 Å². The van der Waals surface area contributed by atoms with Crippen molar-refractivity contribution in [3.63, 3.8) is 0 Å². The maximum Gasteiger partial charge on any atom is 0.341 e. The molecule has 0 atom stereocenters. The van der Waals surface area contributed by atoms with E-state index < -0.39 is 5.97 Å². The minimum absolute atomic E-state index is 0.00181. The normalized spacial score (nSPS) is 9.62. The first kappa shape index (κ1) is 9.85. The number of carboxylic acid groups (broad SMARTS) is 1. The van der Waals surface area contributed by atoms with Gasteiger partial charge in [0.15, 0.2) is 0 Å². The molecule has 70 valence electrons. The van der Waals surface area contributed by atoms with Gasteiger partial charge in [0, 0.05) is 5.69 Å². The molecular weight excluding hydrogens is 238 g/mol. The van der Waals surface area contributed by atoms with Crippen LogP contribution in [0.4, 0.5) is 5.69 Å². The van der Waals surface area contributed by atoms with Crippen molar-refractivity contribution in [1.82, 2.24) is 0 Å². The highest BCUT2D eigenvalue weighted by molar-refractivity contribution is 9.09. The highest BCUT2D eigenvalue weighted by atomic mass is 79.9. The molecule has 0 amide bonds. The van der Waals surface area contributed by atoms with Gasteiger partial charge in [-0.25, -0.2) is 4.79 Å². The molecule has 0 aliphatic heterocycles. The number of carboxylic acids is 1. The first-order chi connectivity index (χ1) is 6.16. The Labute approximate surface area is 83.4 Å². The molecule has 0 aromatic heterocycles. The van der Waals surface area contributed by atoms with Crippen LogP contribution in [0.5, 0.6) is 5.75 Å². The summed E-state index contributed by atoms with van der Waals surface area (Å²) in [7, 11) is 0. The monoisotopic (exact) mass is 245 g/mol. The van der Waals surface area contributed by atoms with Gasteiger partial charge in [0.1, 0.15) is 16.8 Å². The Morgan fingerprint density at radius 3 is 2.85 bits per heavy atom. The van der Waals surface area contributed by atoms with E-state index >= 15 is 0 Å². The lowest BCUT2D eigenvalue weighted by atomic mass is 10.1. The van der Waals surface area contributed by atoms with E-state index in [-0.39, 0.29) is 22.5 Å². The molecule has 5 heteroatoms. The van der Waals surface area contributed by atoms with Gasteiger partial charge >= 0.3 is 5.97 Å². The van der Waals surface area contributed by atoms with Crippen LogP contribution in [0.25, 0.3) is 0 Å². The Bertz CT molecular complexity index is 327. The maximum absolute atomic E-state index is 10.7. The largest absolute Gasteiger partial charge is 0.481 e. The molecule has 0 unspecified atom stereocenters. The quantitative estimate of drug-likeness (QED) is 0.628. The third-order valence-corrected chi connectivity index (χ3v) is 1.71.